The highest BCUT2D eigenvalue weighted by atomic mass is 16.4. The molecule has 19 heavy (non-hydrogen) atoms. The molecule has 0 unspecified atom stereocenters. The first-order valence-corrected chi connectivity index (χ1v) is 7.22. The molecule has 0 aromatic heterocycles. The lowest BCUT2D eigenvalue weighted by molar-refractivity contribution is -0.142. The van der Waals surface area contributed by atoms with Crippen LogP contribution in [0.5, 0.6) is 0 Å². The molecule has 2 rings (SSSR count). The van der Waals surface area contributed by atoms with Gasteiger partial charge in [0, 0.05) is 13.1 Å². The summed E-state index contributed by atoms with van der Waals surface area (Å²) in [5, 5.41) is 11.9. The van der Waals surface area contributed by atoms with E-state index in [0.717, 1.165) is 44.9 Å². The summed E-state index contributed by atoms with van der Waals surface area (Å²) in [6.45, 7) is 0.880. The van der Waals surface area contributed by atoms with E-state index in [0.29, 0.717) is 13.1 Å². The van der Waals surface area contributed by atoms with Crippen LogP contribution < -0.4 is 11.1 Å². The van der Waals surface area contributed by atoms with Gasteiger partial charge in [-0.15, -0.1) is 0 Å². The smallest absolute Gasteiger partial charge is 0.303 e. The molecule has 0 aromatic rings. The molecular formula is C14H24N2O3. The Hall–Kier alpha value is -1.10. The normalized spacial score (nSPS) is 23.6. The van der Waals surface area contributed by atoms with Gasteiger partial charge in [0.1, 0.15) is 0 Å². The SMILES string of the molecule is NCC1(C(=O)NCC2(CC(=O)O)CCC2)CCCC1. The molecule has 0 saturated heterocycles. The van der Waals surface area contributed by atoms with Gasteiger partial charge in [0.25, 0.3) is 0 Å². The second kappa shape index (κ2) is 5.49. The van der Waals surface area contributed by atoms with Crippen LogP contribution in [-0.2, 0) is 9.59 Å². The Morgan fingerprint density at radius 3 is 2.16 bits per heavy atom. The molecule has 5 nitrogen and oxygen atoms in total. The molecule has 0 heterocycles. The molecule has 0 atom stereocenters. The predicted molar refractivity (Wildman–Crippen MR) is 71.5 cm³/mol. The summed E-state index contributed by atoms with van der Waals surface area (Å²) in [6.07, 6.45) is 6.86. The van der Waals surface area contributed by atoms with Gasteiger partial charge in [-0.1, -0.05) is 19.3 Å². The number of carboxylic acid groups (broad SMARTS) is 1. The van der Waals surface area contributed by atoms with Crippen molar-refractivity contribution in [1.29, 1.82) is 0 Å². The van der Waals surface area contributed by atoms with Crippen molar-refractivity contribution in [3.05, 3.63) is 0 Å². The van der Waals surface area contributed by atoms with E-state index in [-0.39, 0.29) is 17.7 Å². The van der Waals surface area contributed by atoms with Crippen molar-refractivity contribution in [2.45, 2.75) is 51.4 Å². The Kier molecular flexibility index (Phi) is 4.13. The average Bonchev–Trinajstić information content (AvgIpc) is 2.81. The van der Waals surface area contributed by atoms with Gasteiger partial charge in [-0.2, -0.15) is 0 Å². The van der Waals surface area contributed by atoms with Crippen molar-refractivity contribution in [2.24, 2.45) is 16.6 Å². The van der Waals surface area contributed by atoms with E-state index in [1.54, 1.807) is 0 Å². The van der Waals surface area contributed by atoms with E-state index in [1.807, 2.05) is 0 Å². The number of carbonyl (C=O) groups excluding carboxylic acids is 1. The molecule has 0 aliphatic heterocycles. The Morgan fingerprint density at radius 2 is 1.74 bits per heavy atom. The third-order valence-corrected chi connectivity index (χ3v) is 5.00. The largest absolute Gasteiger partial charge is 0.481 e. The lowest BCUT2D eigenvalue weighted by Gasteiger charge is -2.41. The van der Waals surface area contributed by atoms with Gasteiger partial charge in [0.05, 0.1) is 11.8 Å². The van der Waals surface area contributed by atoms with Crippen molar-refractivity contribution in [3.63, 3.8) is 0 Å². The summed E-state index contributed by atoms with van der Waals surface area (Å²) in [4.78, 5) is 23.2. The van der Waals surface area contributed by atoms with Gasteiger partial charge in [-0.25, -0.2) is 0 Å². The van der Waals surface area contributed by atoms with E-state index in [1.165, 1.54) is 0 Å². The van der Waals surface area contributed by atoms with E-state index < -0.39 is 11.4 Å². The number of carboxylic acids is 1. The molecule has 2 saturated carbocycles. The maximum absolute atomic E-state index is 12.3. The van der Waals surface area contributed by atoms with Gasteiger partial charge >= 0.3 is 5.97 Å². The van der Waals surface area contributed by atoms with Crippen molar-refractivity contribution < 1.29 is 14.7 Å². The summed E-state index contributed by atoms with van der Waals surface area (Å²) in [6, 6.07) is 0. The van der Waals surface area contributed by atoms with Crippen molar-refractivity contribution in [1.82, 2.24) is 5.32 Å². The van der Waals surface area contributed by atoms with Crippen molar-refractivity contribution in [3.8, 4) is 0 Å². The molecule has 0 bridgehead atoms. The monoisotopic (exact) mass is 268 g/mol. The number of nitrogens with one attached hydrogen (secondary N) is 1. The summed E-state index contributed by atoms with van der Waals surface area (Å²) in [5.74, 6) is -0.743. The van der Waals surface area contributed by atoms with E-state index in [2.05, 4.69) is 5.32 Å². The minimum Gasteiger partial charge on any atom is -0.481 e. The average molecular weight is 268 g/mol. The van der Waals surface area contributed by atoms with Crippen LogP contribution in [0.4, 0.5) is 0 Å². The molecule has 108 valence electrons. The molecular weight excluding hydrogens is 244 g/mol. The van der Waals surface area contributed by atoms with Crippen LogP contribution in [0, 0.1) is 10.8 Å². The minimum absolute atomic E-state index is 0.0316. The Bertz CT molecular complexity index is 358. The number of nitrogens with two attached hydrogens (primary N) is 1. The van der Waals surface area contributed by atoms with Crippen LogP contribution in [0.1, 0.15) is 51.4 Å². The van der Waals surface area contributed by atoms with Gasteiger partial charge < -0.3 is 16.2 Å². The lowest BCUT2D eigenvalue weighted by atomic mass is 9.66. The fourth-order valence-electron chi connectivity index (χ4n) is 3.44. The number of carbonyl (C=O) groups is 2. The first kappa shape index (κ1) is 14.3. The zero-order valence-electron chi connectivity index (χ0n) is 11.4. The second-order valence-corrected chi connectivity index (χ2v) is 6.30. The Labute approximate surface area is 113 Å². The fraction of sp³-hybridized carbons (Fsp3) is 0.857. The highest BCUT2D eigenvalue weighted by molar-refractivity contribution is 5.83. The molecule has 2 aliphatic carbocycles. The van der Waals surface area contributed by atoms with Gasteiger partial charge in [-0.05, 0) is 31.1 Å². The number of aliphatic carboxylic acids is 1. The number of rotatable bonds is 6. The van der Waals surface area contributed by atoms with Crippen LogP contribution in [0.2, 0.25) is 0 Å². The van der Waals surface area contributed by atoms with Crippen LogP contribution in [-0.4, -0.2) is 30.1 Å². The van der Waals surface area contributed by atoms with Crippen LogP contribution in [0.15, 0.2) is 0 Å². The molecule has 5 heteroatoms. The van der Waals surface area contributed by atoms with Gasteiger partial charge in [-0.3, -0.25) is 9.59 Å². The molecule has 0 radical (unpaired) electrons. The first-order chi connectivity index (χ1) is 9.02. The lowest BCUT2D eigenvalue weighted by Crippen LogP contribution is -2.49. The maximum Gasteiger partial charge on any atom is 0.303 e. The summed E-state index contributed by atoms with van der Waals surface area (Å²) >= 11 is 0. The van der Waals surface area contributed by atoms with Gasteiger partial charge in [0.15, 0.2) is 0 Å². The Morgan fingerprint density at radius 1 is 1.11 bits per heavy atom. The molecule has 0 spiro atoms. The first-order valence-electron chi connectivity index (χ1n) is 7.22. The third-order valence-electron chi connectivity index (χ3n) is 5.00. The predicted octanol–water partition coefficient (Wildman–Crippen LogP) is 1.27. The molecule has 2 fully saturated rings. The maximum atomic E-state index is 12.3. The topological polar surface area (TPSA) is 92.4 Å². The minimum atomic E-state index is -0.775. The molecule has 0 aromatic carbocycles. The van der Waals surface area contributed by atoms with E-state index in [9.17, 15) is 9.59 Å². The quantitative estimate of drug-likeness (QED) is 0.676. The Balaban J connectivity index is 1.90. The van der Waals surface area contributed by atoms with Crippen LogP contribution in [0.25, 0.3) is 0 Å². The van der Waals surface area contributed by atoms with E-state index in [4.69, 9.17) is 10.8 Å². The van der Waals surface area contributed by atoms with E-state index >= 15 is 0 Å². The summed E-state index contributed by atoms with van der Waals surface area (Å²) in [5.41, 5.74) is 5.17. The highest BCUT2D eigenvalue weighted by Gasteiger charge is 2.43. The fourth-order valence-corrected chi connectivity index (χ4v) is 3.44. The molecule has 4 N–H and O–H groups in total. The second-order valence-electron chi connectivity index (χ2n) is 6.30. The van der Waals surface area contributed by atoms with Crippen LogP contribution >= 0.6 is 0 Å². The van der Waals surface area contributed by atoms with Crippen molar-refractivity contribution >= 4 is 11.9 Å². The molecule has 2 aliphatic rings. The van der Waals surface area contributed by atoms with Gasteiger partial charge in [0.2, 0.25) is 5.91 Å². The zero-order chi connectivity index (χ0) is 13.9. The number of hydrogen-bond donors (Lipinski definition) is 3. The summed E-state index contributed by atoms with van der Waals surface area (Å²) < 4.78 is 0. The zero-order valence-corrected chi connectivity index (χ0v) is 11.4. The third kappa shape index (κ3) is 2.91. The van der Waals surface area contributed by atoms with Crippen molar-refractivity contribution in [2.75, 3.05) is 13.1 Å². The highest BCUT2D eigenvalue weighted by Crippen LogP contribution is 2.44. The molecule has 1 amide bonds. The standard InChI is InChI=1S/C14H24N2O3/c15-9-14(6-1-2-7-14)12(19)16-10-13(4-3-5-13)8-11(17)18/h1-10,15H2,(H,16,19)(H,17,18). The van der Waals surface area contributed by atoms with Crippen LogP contribution in [0.3, 0.4) is 0 Å². The number of hydrogen-bond acceptors (Lipinski definition) is 3. The number of amides is 1. The summed E-state index contributed by atoms with van der Waals surface area (Å²) in [7, 11) is 0.